The van der Waals surface area contributed by atoms with E-state index in [-0.39, 0.29) is 5.43 Å². The van der Waals surface area contributed by atoms with Crippen molar-refractivity contribution >= 4 is 28.3 Å². The molecule has 0 spiro atoms. The van der Waals surface area contributed by atoms with Gasteiger partial charge in [0.15, 0.2) is 0 Å². The Morgan fingerprint density at radius 2 is 1.94 bits per heavy atom. The summed E-state index contributed by atoms with van der Waals surface area (Å²) in [6, 6.07) is 5.14. The van der Waals surface area contributed by atoms with E-state index in [0.717, 1.165) is 25.9 Å². The van der Waals surface area contributed by atoms with Crippen LogP contribution < -0.4 is 10.3 Å². The SMILES string of the molecule is O=c1c(N2CCCCC2)coc2ccc(Cl)cc12. The first kappa shape index (κ1) is 11.6. The predicted octanol–water partition coefficient (Wildman–Crippen LogP) is 3.44. The van der Waals surface area contributed by atoms with Gasteiger partial charge in [-0.25, -0.2) is 0 Å². The van der Waals surface area contributed by atoms with E-state index in [1.165, 1.54) is 6.42 Å². The van der Waals surface area contributed by atoms with E-state index >= 15 is 0 Å². The summed E-state index contributed by atoms with van der Waals surface area (Å²) in [6.07, 6.45) is 5.07. The zero-order valence-corrected chi connectivity index (χ0v) is 10.7. The van der Waals surface area contributed by atoms with Crippen LogP contribution in [0.2, 0.25) is 5.02 Å². The molecule has 1 fully saturated rings. The van der Waals surface area contributed by atoms with Crippen molar-refractivity contribution < 1.29 is 4.42 Å². The van der Waals surface area contributed by atoms with Crippen LogP contribution in [0, 0.1) is 0 Å². The fraction of sp³-hybridized carbons (Fsp3) is 0.357. The molecule has 0 N–H and O–H groups in total. The largest absolute Gasteiger partial charge is 0.462 e. The highest BCUT2D eigenvalue weighted by molar-refractivity contribution is 6.31. The first-order chi connectivity index (χ1) is 8.75. The summed E-state index contributed by atoms with van der Waals surface area (Å²) in [5, 5.41) is 1.12. The Hall–Kier alpha value is -1.48. The quantitative estimate of drug-likeness (QED) is 0.790. The van der Waals surface area contributed by atoms with E-state index in [4.69, 9.17) is 16.0 Å². The molecule has 0 amide bonds. The molecule has 0 radical (unpaired) electrons. The van der Waals surface area contributed by atoms with Crippen molar-refractivity contribution in [1.82, 2.24) is 0 Å². The van der Waals surface area contributed by atoms with E-state index in [0.29, 0.717) is 21.7 Å². The topological polar surface area (TPSA) is 33.5 Å². The van der Waals surface area contributed by atoms with Crippen LogP contribution in [0.1, 0.15) is 19.3 Å². The van der Waals surface area contributed by atoms with Crippen molar-refractivity contribution in [2.75, 3.05) is 18.0 Å². The molecule has 1 saturated heterocycles. The number of rotatable bonds is 1. The lowest BCUT2D eigenvalue weighted by atomic mass is 10.1. The van der Waals surface area contributed by atoms with Gasteiger partial charge in [0, 0.05) is 18.1 Å². The Labute approximate surface area is 110 Å². The lowest BCUT2D eigenvalue weighted by Crippen LogP contribution is -2.33. The van der Waals surface area contributed by atoms with E-state index in [9.17, 15) is 4.79 Å². The first-order valence-electron chi connectivity index (χ1n) is 6.22. The highest BCUT2D eigenvalue weighted by Crippen LogP contribution is 2.22. The molecule has 2 aromatic rings. The van der Waals surface area contributed by atoms with Gasteiger partial charge in [0.2, 0.25) is 5.43 Å². The number of piperidine rings is 1. The predicted molar refractivity (Wildman–Crippen MR) is 73.6 cm³/mol. The summed E-state index contributed by atoms with van der Waals surface area (Å²) in [5.74, 6) is 0. The molecule has 0 atom stereocenters. The second kappa shape index (κ2) is 4.65. The average Bonchev–Trinajstić information content (AvgIpc) is 2.41. The third-order valence-electron chi connectivity index (χ3n) is 3.41. The van der Waals surface area contributed by atoms with Gasteiger partial charge in [-0.2, -0.15) is 0 Å². The average molecular weight is 264 g/mol. The van der Waals surface area contributed by atoms with Gasteiger partial charge in [-0.3, -0.25) is 4.79 Å². The van der Waals surface area contributed by atoms with Crippen LogP contribution >= 0.6 is 11.6 Å². The van der Waals surface area contributed by atoms with Gasteiger partial charge in [0.05, 0.1) is 5.39 Å². The molecular formula is C14H14ClNO2. The summed E-state index contributed by atoms with van der Waals surface area (Å²) in [7, 11) is 0. The minimum absolute atomic E-state index is 0.0145. The van der Waals surface area contributed by atoms with Gasteiger partial charge < -0.3 is 9.32 Å². The summed E-state index contributed by atoms with van der Waals surface area (Å²) in [4.78, 5) is 14.5. The maximum atomic E-state index is 12.4. The van der Waals surface area contributed by atoms with Gasteiger partial charge >= 0.3 is 0 Å². The Morgan fingerprint density at radius 3 is 2.72 bits per heavy atom. The van der Waals surface area contributed by atoms with Crippen molar-refractivity contribution in [3.8, 4) is 0 Å². The Morgan fingerprint density at radius 1 is 1.17 bits per heavy atom. The molecule has 3 rings (SSSR count). The Balaban J connectivity index is 2.13. The second-order valence-corrected chi connectivity index (χ2v) is 5.07. The van der Waals surface area contributed by atoms with Crippen molar-refractivity contribution in [3.63, 3.8) is 0 Å². The number of benzene rings is 1. The monoisotopic (exact) mass is 263 g/mol. The molecule has 18 heavy (non-hydrogen) atoms. The summed E-state index contributed by atoms with van der Waals surface area (Å²) < 4.78 is 5.53. The van der Waals surface area contributed by atoms with Crippen molar-refractivity contribution in [1.29, 1.82) is 0 Å². The fourth-order valence-corrected chi connectivity index (χ4v) is 2.62. The molecule has 0 aliphatic carbocycles. The minimum atomic E-state index is 0.0145. The molecule has 1 aromatic carbocycles. The summed E-state index contributed by atoms with van der Waals surface area (Å²) in [5.41, 5.74) is 1.26. The minimum Gasteiger partial charge on any atom is -0.462 e. The van der Waals surface area contributed by atoms with Gasteiger partial charge in [0.25, 0.3) is 0 Å². The molecule has 0 unspecified atom stereocenters. The molecule has 0 saturated carbocycles. The molecule has 1 aromatic heterocycles. The van der Waals surface area contributed by atoms with E-state index < -0.39 is 0 Å². The van der Waals surface area contributed by atoms with E-state index in [1.807, 2.05) is 0 Å². The molecule has 3 nitrogen and oxygen atoms in total. The van der Waals surface area contributed by atoms with Crippen LogP contribution in [0.15, 0.2) is 33.7 Å². The molecule has 0 bridgehead atoms. The highest BCUT2D eigenvalue weighted by Gasteiger charge is 2.16. The van der Waals surface area contributed by atoms with Gasteiger partial charge in [-0.15, -0.1) is 0 Å². The molecule has 1 aliphatic rings. The molecule has 4 heteroatoms. The third-order valence-corrected chi connectivity index (χ3v) is 3.65. The van der Waals surface area contributed by atoms with Crippen LogP contribution in [0.4, 0.5) is 5.69 Å². The van der Waals surface area contributed by atoms with Crippen molar-refractivity contribution in [2.45, 2.75) is 19.3 Å². The molecule has 1 aliphatic heterocycles. The van der Waals surface area contributed by atoms with Crippen LogP contribution in [-0.4, -0.2) is 13.1 Å². The maximum absolute atomic E-state index is 12.4. The fourth-order valence-electron chi connectivity index (χ4n) is 2.45. The Kier molecular flexibility index (Phi) is 3.00. The van der Waals surface area contributed by atoms with E-state index in [1.54, 1.807) is 24.5 Å². The number of halogens is 1. The summed E-state index contributed by atoms with van der Waals surface area (Å²) in [6.45, 7) is 1.85. The van der Waals surface area contributed by atoms with Crippen molar-refractivity contribution in [2.24, 2.45) is 0 Å². The first-order valence-corrected chi connectivity index (χ1v) is 6.59. The normalized spacial score (nSPS) is 16.2. The standard InChI is InChI=1S/C14H14ClNO2/c15-10-4-5-13-11(8-10)14(17)12(9-18-13)16-6-2-1-3-7-16/h4-5,8-9H,1-3,6-7H2. The van der Waals surface area contributed by atoms with Crippen molar-refractivity contribution in [3.05, 3.63) is 39.7 Å². The zero-order valence-electron chi connectivity index (χ0n) is 9.99. The number of hydrogen-bond acceptors (Lipinski definition) is 3. The molecule has 2 heterocycles. The van der Waals surface area contributed by atoms with Gasteiger partial charge in [-0.05, 0) is 37.5 Å². The van der Waals surface area contributed by atoms with Crippen LogP contribution in [0.25, 0.3) is 11.0 Å². The Bertz CT molecular complexity index is 629. The lowest BCUT2D eigenvalue weighted by Gasteiger charge is -2.27. The number of anilines is 1. The summed E-state index contributed by atoms with van der Waals surface area (Å²) >= 11 is 5.93. The van der Waals surface area contributed by atoms with Crippen LogP contribution in [0.3, 0.4) is 0 Å². The van der Waals surface area contributed by atoms with Crippen LogP contribution in [0.5, 0.6) is 0 Å². The highest BCUT2D eigenvalue weighted by atomic mass is 35.5. The maximum Gasteiger partial charge on any atom is 0.216 e. The second-order valence-electron chi connectivity index (χ2n) is 4.64. The van der Waals surface area contributed by atoms with E-state index in [2.05, 4.69) is 4.90 Å². The number of fused-ring (bicyclic) bond motifs is 1. The number of hydrogen-bond donors (Lipinski definition) is 0. The zero-order chi connectivity index (χ0) is 12.5. The smallest absolute Gasteiger partial charge is 0.216 e. The van der Waals surface area contributed by atoms with Gasteiger partial charge in [-0.1, -0.05) is 11.6 Å². The van der Waals surface area contributed by atoms with Crippen LogP contribution in [-0.2, 0) is 0 Å². The number of nitrogens with zero attached hydrogens (tertiary/aromatic N) is 1. The van der Waals surface area contributed by atoms with Gasteiger partial charge in [0.1, 0.15) is 17.5 Å². The molecular weight excluding hydrogens is 250 g/mol. The third kappa shape index (κ3) is 1.99. The molecule has 94 valence electrons. The lowest BCUT2D eigenvalue weighted by molar-refractivity contribution is 0.557.